The molecule has 0 saturated heterocycles. The molecule has 0 radical (unpaired) electrons. The van der Waals surface area contributed by atoms with Gasteiger partial charge in [-0.3, -0.25) is 4.79 Å². The van der Waals surface area contributed by atoms with Crippen LogP contribution in [0.1, 0.15) is 10.5 Å². The molecule has 3 rings (SSSR count). The van der Waals surface area contributed by atoms with Crippen LogP contribution in [0.4, 0.5) is 26.0 Å². The van der Waals surface area contributed by atoms with Crippen LogP contribution in [0.25, 0.3) is 0 Å². The minimum Gasteiger partial charge on any atom is -0.334 e. The first-order valence-electron chi connectivity index (χ1n) is 7.14. The Bertz CT molecular complexity index is 881. The first-order valence-corrected chi connectivity index (χ1v) is 7.52. The van der Waals surface area contributed by atoms with Crippen molar-refractivity contribution in [3.63, 3.8) is 0 Å². The second-order valence-electron chi connectivity index (χ2n) is 4.99. The summed E-state index contributed by atoms with van der Waals surface area (Å²) in [4.78, 5) is 12.1. The average molecular weight is 361 g/mol. The van der Waals surface area contributed by atoms with Crippen LogP contribution in [-0.4, -0.2) is 16.1 Å². The van der Waals surface area contributed by atoms with Gasteiger partial charge in [0.1, 0.15) is 17.3 Å². The van der Waals surface area contributed by atoms with E-state index >= 15 is 0 Å². The summed E-state index contributed by atoms with van der Waals surface area (Å²) in [5.74, 6) is -1.89. The number of nitrogens with one attached hydrogen (secondary N) is 2. The van der Waals surface area contributed by atoms with Crippen molar-refractivity contribution in [2.75, 3.05) is 10.6 Å². The first kappa shape index (κ1) is 16.8. The Balaban J connectivity index is 1.71. The zero-order chi connectivity index (χ0) is 17.8. The number of anilines is 3. The molecule has 0 bridgehead atoms. The topological polar surface area (TPSA) is 66.9 Å². The Morgan fingerprint density at radius 3 is 2.20 bits per heavy atom. The Hall–Kier alpha value is -3.06. The molecule has 2 N–H and O–H groups in total. The number of nitrogens with zero attached hydrogens (tertiary/aromatic N) is 2. The minimum absolute atomic E-state index is 0.0505. The van der Waals surface area contributed by atoms with Crippen LogP contribution in [0.5, 0.6) is 0 Å². The fourth-order valence-electron chi connectivity index (χ4n) is 1.99. The summed E-state index contributed by atoms with van der Waals surface area (Å²) < 4.78 is 27.2. The molecular weight excluding hydrogens is 350 g/mol. The first-order chi connectivity index (χ1) is 12.0. The highest BCUT2D eigenvalue weighted by molar-refractivity contribution is 6.30. The number of carbonyl (C=O) groups is 1. The van der Waals surface area contributed by atoms with Crippen molar-refractivity contribution in [2.45, 2.75) is 0 Å². The lowest BCUT2D eigenvalue weighted by atomic mass is 10.3. The van der Waals surface area contributed by atoms with E-state index in [1.54, 1.807) is 24.3 Å². The van der Waals surface area contributed by atoms with E-state index in [0.29, 0.717) is 10.7 Å². The number of benzene rings is 2. The standard InChI is InChI=1S/C17H11ClF2N4O/c18-10-4-6-11(7-5-10)21-17(25)14-8-9-15(24-23-14)22-16-12(19)2-1-3-13(16)20/h1-9H,(H,21,25)(H,22,24). The molecule has 126 valence electrons. The second-order valence-corrected chi connectivity index (χ2v) is 5.42. The van der Waals surface area contributed by atoms with Crippen molar-refractivity contribution in [1.82, 2.24) is 10.2 Å². The second kappa shape index (κ2) is 7.23. The summed E-state index contributed by atoms with van der Waals surface area (Å²) in [6.07, 6.45) is 0. The van der Waals surface area contributed by atoms with Gasteiger partial charge in [-0.15, -0.1) is 10.2 Å². The van der Waals surface area contributed by atoms with Gasteiger partial charge in [-0.1, -0.05) is 17.7 Å². The Labute approximate surface area is 146 Å². The van der Waals surface area contributed by atoms with Crippen LogP contribution in [0.15, 0.2) is 54.6 Å². The summed E-state index contributed by atoms with van der Waals surface area (Å²) in [5.41, 5.74) is 0.261. The summed E-state index contributed by atoms with van der Waals surface area (Å²) in [5, 5.41) is 13.2. The van der Waals surface area contributed by atoms with Crippen LogP contribution in [-0.2, 0) is 0 Å². The van der Waals surface area contributed by atoms with Crippen molar-refractivity contribution < 1.29 is 13.6 Å². The van der Waals surface area contributed by atoms with Crippen molar-refractivity contribution in [3.05, 3.63) is 76.9 Å². The molecule has 2 aromatic carbocycles. The molecule has 0 unspecified atom stereocenters. The largest absolute Gasteiger partial charge is 0.334 e. The monoisotopic (exact) mass is 360 g/mol. The Morgan fingerprint density at radius 1 is 0.920 bits per heavy atom. The lowest BCUT2D eigenvalue weighted by molar-refractivity contribution is 0.102. The maximum Gasteiger partial charge on any atom is 0.276 e. The molecule has 1 amide bonds. The molecule has 0 atom stereocenters. The molecule has 5 nitrogen and oxygen atoms in total. The third-order valence-corrected chi connectivity index (χ3v) is 3.47. The van der Waals surface area contributed by atoms with Gasteiger partial charge in [0.05, 0.1) is 0 Å². The maximum atomic E-state index is 13.6. The molecule has 8 heteroatoms. The molecule has 0 aliphatic carbocycles. The fraction of sp³-hybridized carbons (Fsp3) is 0. The average Bonchev–Trinajstić information content (AvgIpc) is 2.61. The summed E-state index contributed by atoms with van der Waals surface area (Å²) in [6, 6.07) is 12.8. The van der Waals surface area contributed by atoms with Gasteiger partial charge in [-0.2, -0.15) is 0 Å². The summed E-state index contributed by atoms with van der Waals surface area (Å²) >= 11 is 5.78. The van der Waals surface area contributed by atoms with E-state index in [-0.39, 0.29) is 17.2 Å². The number of carbonyl (C=O) groups excluding carboxylic acids is 1. The lowest BCUT2D eigenvalue weighted by Crippen LogP contribution is -2.14. The van der Waals surface area contributed by atoms with Gasteiger partial charge in [0.15, 0.2) is 11.5 Å². The van der Waals surface area contributed by atoms with E-state index in [4.69, 9.17) is 11.6 Å². The molecule has 0 aliphatic heterocycles. The van der Waals surface area contributed by atoms with Crippen LogP contribution in [0.2, 0.25) is 5.02 Å². The number of rotatable bonds is 4. The SMILES string of the molecule is O=C(Nc1ccc(Cl)cc1)c1ccc(Nc2c(F)cccc2F)nn1. The zero-order valence-electron chi connectivity index (χ0n) is 12.6. The van der Waals surface area contributed by atoms with Gasteiger partial charge in [0.25, 0.3) is 5.91 Å². The lowest BCUT2D eigenvalue weighted by Gasteiger charge is -2.08. The van der Waals surface area contributed by atoms with Crippen molar-refractivity contribution in [3.8, 4) is 0 Å². The number of hydrogen-bond acceptors (Lipinski definition) is 4. The van der Waals surface area contributed by atoms with Gasteiger partial charge in [0, 0.05) is 10.7 Å². The molecule has 0 spiro atoms. The molecule has 25 heavy (non-hydrogen) atoms. The number of hydrogen-bond donors (Lipinski definition) is 2. The van der Waals surface area contributed by atoms with Crippen molar-refractivity contribution in [1.29, 1.82) is 0 Å². The third-order valence-electron chi connectivity index (χ3n) is 3.22. The molecule has 0 saturated carbocycles. The number of halogens is 3. The summed E-state index contributed by atoms with van der Waals surface area (Å²) in [6.45, 7) is 0. The zero-order valence-corrected chi connectivity index (χ0v) is 13.4. The smallest absolute Gasteiger partial charge is 0.276 e. The summed E-state index contributed by atoms with van der Waals surface area (Å²) in [7, 11) is 0. The van der Waals surface area contributed by atoms with Crippen LogP contribution >= 0.6 is 11.6 Å². The van der Waals surface area contributed by atoms with E-state index in [1.807, 2.05) is 0 Å². The van der Waals surface area contributed by atoms with Gasteiger partial charge in [0.2, 0.25) is 0 Å². The van der Waals surface area contributed by atoms with Crippen LogP contribution < -0.4 is 10.6 Å². The molecule has 0 aliphatic rings. The van der Waals surface area contributed by atoms with Gasteiger partial charge >= 0.3 is 0 Å². The van der Waals surface area contributed by atoms with Gasteiger partial charge in [-0.05, 0) is 48.5 Å². The van der Waals surface area contributed by atoms with E-state index < -0.39 is 17.5 Å². The van der Waals surface area contributed by atoms with Crippen molar-refractivity contribution in [2.24, 2.45) is 0 Å². The van der Waals surface area contributed by atoms with E-state index in [2.05, 4.69) is 20.8 Å². The predicted octanol–water partition coefficient (Wildman–Crippen LogP) is 4.40. The van der Waals surface area contributed by atoms with E-state index in [1.165, 1.54) is 18.2 Å². The molecule has 3 aromatic rings. The number of para-hydroxylation sites is 1. The normalized spacial score (nSPS) is 10.4. The fourth-order valence-corrected chi connectivity index (χ4v) is 2.12. The predicted molar refractivity (Wildman–Crippen MR) is 91.1 cm³/mol. The number of amides is 1. The molecule has 1 aromatic heterocycles. The van der Waals surface area contributed by atoms with E-state index in [9.17, 15) is 13.6 Å². The highest BCUT2D eigenvalue weighted by atomic mass is 35.5. The molecule has 1 heterocycles. The third kappa shape index (κ3) is 4.07. The minimum atomic E-state index is -0.758. The van der Waals surface area contributed by atoms with Gasteiger partial charge in [-0.25, -0.2) is 8.78 Å². The van der Waals surface area contributed by atoms with Crippen molar-refractivity contribution >= 4 is 34.7 Å². The Morgan fingerprint density at radius 2 is 1.60 bits per heavy atom. The quantitative estimate of drug-likeness (QED) is 0.723. The van der Waals surface area contributed by atoms with Crippen LogP contribution in [0, 0.1) is 11.6 Å². The molecule has 0 fully saturated rings. The number of aromatic nitrogens is 2. The highest BCUT2D eigenvalue weighted by Crippen LogP contribution is 2.21. The maximum absolute atomic E-state index is 13.6. The molecular formula is C17H11ClF2N4O. The van der Waals surface area contributed by atoms with Crippen LogP contribution in [0.3, 0.4) is 0 Å². The highest BCUT2D eigenvalue weighted by Gasteiger charge is 2.12. The van der Waals surface area contributed by atoms with E-state index in [0.717, 1.165) is 12.1 Å². The Kier molecular flexibility index (Phi) is 4.85. The van der Waals surface area contributed by atoms with Gasteiger partial charge < -0.3 is 10.6 Å².